The zero-order chi connectivity index (χ0) is 23.7. The number of halogens is 2. The summed E-state index contributed by atoms with van der Waals surface area (Å²) in [7, 11) is 0. The number of aryl methyl sites for hydroxylation is 1. The van der Waals surface area contributed by atoms with Gasteiger partial charge < -0.3 is 4.74 Å². The Morgan fingerprint density at radius 1 is 0.758 bits per heavy atom. The lowest BCUT2D eigenvalue weighted by atomic mass is 10.1. The van der Waals surface area contributed by atoms with Gasteiger partial charge in [-0.15, -0.1) is 0 Å². The maximum Gasteiger partial charge on any atom is 0.159 e. The Labute approximate surface area is 199 Å². The molecule has 0 fully saturated rings. The van der Waals surface area contributed by atoms with Crippen molar-refractivity contribution >= 4 is 0 Å². The van der Waals surface area contributed by atoms with Crippen LogP contribution in [-0.4, -0.2) is 28.9 Å². The molecule has 0 aliphatic carbocycles. The van der Waals surface area contributed by atoms with Crippen molar-refractivity contribution < 1.29 is 13.5 Å². The van der Waals surface area contributed by atoms with Crippen LogP contribution in [0, 0.1) is 0 Å². The maximum absolute atomic E-state index is 13.9. The SMILES string of the molecule is CCCCCCCCCCCc1cnc(-c2ccc(OCC(F)CC(F)CCC)cc2)nc1. The van der Waals surface area contributed by atoms with Gasteiger partial charge in [0.1, 0.15) is 24.7 Å². The topological polar surface area (TPSA) is 35.0 Å². The maximum atomic E-state index is 13.9. The van der Waals surface area contributed by atoms with E-state index in [-0.39, 0.29) is 13.0 Å². The van der Waals surface area contributed by atoms with Crippen LogP contribution in [-0.2, 0) is 6.42 Å². The van der Waals surface area contributed by atoms with E-state index in [1.165, 1.54) is 63.4 Å². The number of ether oxygens (including phenoxy) is 1. The van der Waals surface area contributed by atoms with Crippen LogP contribution >= 0.6 is 0 Å². The summed E-state index contributed by atoms with van der Waals surface area (Å²) >= 11 is 0. The zero-order valence-corrected chi connectivity index (χ0v) is 20.6. The van der Waals surface area contributed by atoms with Gasteiger partial charge in [0.05, 0.1) is 0 Å². The standard InChI is InChI=1S/C28H42F2N2O/c1-3-5-6-7-8-9-10-11-12-14-23-20-31-28(32-21-23)24-15-17-27(18-16-24)33-22-26(30)19-25(29)13-4-2/h15-18,20-21,25-26H,3-14,19,22H2,1-2H3. The van der Waals surface area contributed by atoms with E-state index in [0.717, 1.165) is 18.4 Å². The molecule has 3 nitrogen and oxygen atoms in total. The monoisotopic (exact) mass is 460 g/mol. The Hall–Kier alpha value is -2.04. The summed E-state index contributed by atoms with van der Waals surface area (Å²) in [6, 6.07) is 7.29. The van der Waals surface area contributed by atoms with Crippen LogP contribution in [0.15, 0.2) is 36.7 Å². The molecule has 0 saturated carbocycles. The molecule has 0 saturated heterocycles. The van der Waals surface area contributed by atoms with E-state index in [2.05, 4.69) is 16.9 Å². The van der Waals surface area contributed by atoms with E-state index < -0.39 is 12.3 Å². The van der Waals surface area contributed by atoms with Crippen molar-refractivity contribution in [1.29, 1.82) is 0 Å². The van der Waals surface area contributed by atoms with Gasteiger partial charge in [0, 0.05) is 24.4 Å². The molecule has 2 atom stereocenters. The highest BCUT2D eigenvalue weighted by atomic mass is 19.1. The van der Waals surface area contributed by atoms with Gasteiger partial charge in [-0.1, -0.05) is 71.6 Å². The third-order valence-electron chi connectivity index (χ3n) is 5.93. The molecule has 0 radical (unpaired) electrons. The highest BCUT2D eigenvalue weighted by Crippen LogP contribution is 2.21. The first-order valence-corrected chi connectivity index (χ1v) is 12.9. The number of alkyl halides is 2. The molecule has 0 spiro atoms. The molecule has 1 aromatic heterocycles. The average molecular weight is 461 g/mol. The van der Waals surface area contributed by atoms with Crippen LogP contribution in [0.4, 0.5) is 8.78 Å². The summed E-state index contributed by atoms with van der Waals surface area (Å²) < 4.78 is 32.8. The van der Waals surface area contributed by atoms with Gasteiger partial charge in [-0.05, 0) is 49.1 Å². The van der Waals surface area contributed by atoms with Crippen molar-refractivity contribution in [2.24, 2.45) is 0 Å². The molecule has 2 unspecified atom stereocenters. The van der Waals surface area contributed by atoms with Gasteiger partial charge in [-0.3, -0.25) is 0 Å². The molecule has 0 N–H and O–H groups in total. The van der Waals surface area contributed by atoms with E-state index in [4.69, 9.17) is 4.74 Å². The Balaban J connectivity index is 1.67. The molecule has 0 amide bonds. The first kappa shape index (κ1) is 27.2. The summed E-state index contributed by atoms with van der Waals surface area (Å²) in [4.78, 5) is 9.01. The van der Waals surface area contributed by atoms with Crippen molar-refractivity contribution in [3.8, 4) is 17.1 Å². The van der Waals surface area contributed by atoms with Gasteiger partial charge in [0.15, 0.2) is 5.82 Å². The van der Waals surface area contributed by atoms with Crippen molar-refractivity contribution in [3.63, 3.8) is 0 Å². The summed E-state index contributed by atoms with van der Waals surface area (Å²) in [5.74, 6) is 1.23. The summed E-state index contributed by atoms with van der Waals surface area (Å²) in [6.07, 6.45) is 15.4. The normalized spacial score (nSPS) is 13.1. The predicted molar refractivity (Wildman–Crippen MR) is 133 cm³/mol. The van der Waals surface area contributed by atoms with E-state index in [1.54, 1.807) is 12.1 Å². The second-order valence-electron chi connectivity index (χ2n) is 9.05. The van der Waals surface area contributed by atoms with Crippen LogP contribution in [0.1, 0.15) is 96.5 Å². The van der Waals surface area contributed by atoms with Gasteiger partial charge in [-0.2, -0.15) is 0 Å². The number of unbranched alkanes of at least 4 members (excludes halogenated alkanes) is 8. The van der Waals surface area contributed by atoms with Crippen LogP contribution < -0.4 is 4.74 Å². The third-order valence-corrected chi connectivity index (χ3v) is 5.93. The van der Waals surface area contributed by atoms with E-state index in [9.17, 15) is 8.78 Å². The fourth-order valence-electron chi connectivity index (χ4n) is 3.94. The second-order valence-corrected chi connectivity index (χ2v) is 9.05. The molecule has 1 heterocycles. The minimum absolute atomic E-state index is 0.106. The smallest absolute Gasteiger partial charge is 0.159 e. The van der Waals surface area contributed by atoms with E-state index in [0.29, 0.717) is 18.0 Å². The van der Waals surface area contributed by atoms with Crippen LogP contribution in [0.3, 0.4) is 0 Å². The molecular formula is C28H42F2N2O. The highest BCUT2D eigenvalue weighted by Gasteiger charge is 2.15. The van der Waals surface area contributed by atoms with Crippen LogP contribution in [0.25, 0.3) is 11.4 Å². The number of aromatic nitrogens is 2. The Kier molecular flexibility index (Phi) is 13.6. The summed E-state index contributed by atoms with van der Waals surface area (Å²) in [5.41, 5.74) is 2.06. The molecule has 5 heteroatoms. The van der Waals surface area contributed by atoms with Crippen molar-refractivity contribution in [2.45, 2.75) is 110 Å². The number of nitrogens with zero attached hydrogens (tertiary/aromatic N) is 2. The summed E-state index contributed by atoms with van der Waals surface area (Å²) in [5, 5.41) is 0. The van der Waals surface area contributed by atoms with Gasteiger partial charge in [0.2, 0.25) is 0 Å². The lowest BCUT2D eigenvalue weighted by Gasteiger charge is -2.13. The van der Waals surface area contributed by atoms with Gasteiger partial charge in [-0.25, -0.2) is 18.7 Å². The van der Waals surface area contributed by atoms with Crippen molar-refractivity contribution in [3.05, 3.63) is 42.2 Å². The quantitative estimate of drug-likeness (QED) is 0.209. The minimum Gasteiger partial charge on any atom is -0.491 e. The molecule has 2 aromatic rings. The van der Waals surface area contributed by atoms with Crippen LogP contribution in [0.5, 0.6) is 5.75 Å². The fourth-order valence-corrected chi connectivity index (χ4v) is 3.94. The Morgan fingerprint density at radius 3 is 1.97 bits per heavy atom. The fraction of sp³-hybridized carbons (Fsp3) is 0.643. The molecule has 184 valence electrons. The Bertz CT molecular complexity index is 737. The first-order chi connectivity index (χ1) is 16.1. The first-order valence-electron chi connectivity index (χ1n) is 12.9. The molecule has 1 aromatic carbocycles. The lowest BCUT2D eigenvalue weighted by Crippen LogP contribution is -2.18. The number of hydrogen-bond donors (Lipinski definition) is 0. The molecule has 33 heavy (non-hydrogen) atoms. The van der Waals surface area contributed by atoms with Crippen molar-refractivity contribution in [2.75, 3.05) is 6.61 Å². The molecule has 2 rings (SSSR count). The second kappa shape index (κ2) is 16.6. The number of hydrogen-bond acceptors (Lipinski definition) is 3. The average Bonchev–Trinajstić information content (AvgIpc) is 2.82. The van der Waals surface area contributed by atoms with E-state index >= 15 is 0 Å². The van der Waals surface area contributed by atoms with E-state index in [1.807, 2.05) is 31.5 Å². The zero-order valence-electron chi connectivity index (χ0n) is 20.6. The van der Waals surface area contributed by atoms with Crippen LogP contribution in [0.2, 0.25) is 0 Å². The number of benzene rings is 1. The Morgan fingerprint density at radius 2 is 1.36 bits per heavy atom. The third kappa shape index (κ3) is 11.6. The van der Waals surface area contributed by atoms with Crippen molar-refractivity contribution in [1.82, 2.24) is 9.97 Å². The van der Waals surface area contributed by atoms with Gasteiger partial charge >= 0.3 is 0 Å². The van der Waals surface area contributed by atoms with Gasteiger partial charge in [0.25, 0.3) is 0 Å². The minimum atomic E-state index is -1.30. The molecule has 0 aliphatic rings. The summed E-state index contributed by atoms with van der Waals surface area (Å²) in [6.45, 7) is 4.02. The predicted octanol–water partition coefficient (Wildman–Crippen LogP) is 8.46. The highest BCUT2D eigenvalue weighted by molar-refractivity contribution is 5.55. The lowest BCUT2D eigenvalue weighted by molar-refractivity contribution is 0.147. The molecule has 0 bridgehead atoms. The molecule has 0 aliphatic heterocycles. The number of rotatable bonds is 18. The molecular weight excluding hydrogens is 418 g/mol. The largest absolute Gasteiger partial charge is 0.491 e.